The van der Waals surface area contributed by atoms with E-state index in [2.05, 4.69) is 60.5 Å². The number of nitrogen functional groups attached to an aromatic ring is 1. The van der Waals surface area contributed by atoms with E-state index >= 15 is 0 Å². The van der Waals surface area contributed by atoms with Gasteiger partial charge in [-0.25, -0.2) is 0 Å². The molecule has 2 aliphatic rings. The highest BCUT2D eigenvalue weighted by Gasteiger charge is 2.41. The van der Waals surface area contributed by atoms with Crippen LogP contribution in [-0.2, 0) is 45.4 Å². The average Bonchev–Trinajstić information content (AvgIpc) is 3.52. The lowest BCUT2D eigenvalue weighted by Crippen LogP contribution is -2.29. The molecule has 69 heavy (non-hydrogen) atoms. The summed E-state index contributed by atoms with van der Waals surface area (Å²) in [7, 11) is -8.20. The first-order chi connectivity index (χ1) is 32.7. The van der Waals surface area contributed by atoms with Gasteiger partial charge in [-0.15, -0.1) is 0 Å². The van der Waals surface area contributed by atoms with Gasteiger partial charge < -0.3 is 20.7 Å². The van der Waals surface area contributed by atoms with Gasteiger partial charge in [0.2, 0.25) is 0 Å². The maximum atomic E-state index is 14.8. The number of hydrogen-bond acceptors (Lipinski definition) is 10. The van der Waals surface area contributed by atoms with Crippen LogP contribution in [0.5, 0.6) is 0 Å². The number of allylic oxidation sites excluding steroid dienone is 8. The van der Waals surface area contributed by atoms with Crippen LogP contribution in [0, 0.1) is 5.92 Å². The molecule has 0 bridgehead atoms. The van der Waals surface area contributed by atoms with Crippen molar-refractivity contribution in [2.45, 2.75) is 84.0 Å². The van der Waals surface area contributed by atoms with E-state index in [0.717, 1.165) is 72.0 Å². The molecule has 5 N–H and O–H groups in total. The summed E-state index contributed by atoms with van der Waals surface area (Å²) in [6, 6.07) is 31.8. The molecule has 0 aromatic heterocycles. The third-order valence-electron chi connectivity index (χ3n) is 13.4. The molecule has 0 radical (unpaired) electrons. The lowest BCUT2D eigenvalue weighted by atomic mass is 9.75. The van der Waals surface area contributed by atoms with Crippen LogP contribution < -0.4 is 16.0 Å². The fourth-order valence-electron chi connectivity index (χ4n) is 10.0. The minimum Gasteiger partial charge on any atom is -0.466 e. The maximum Gasteiger partial charge on any atom is 0.309 e. The van der Waals surface area contributed by atoms with Crippen LogP contribution in [0.2, 0.25) is 0 Å². The van der Waals surface area contributed by atoms with E-state index < -0.39 is 37.0 Å². The van der Waals surface area contributed by atoms with Crippen LogP contribution in [0.25, 0.3) is 27.1 Å². The Labute approximate surface area is 406 Å². The minimum absolute atomic E-state index is 0.175. The highest BCUT2D eigenvalue weighted by atomic mass is 32.2. The third kappa shape index (κ3) is 11.7. The Bertz CT molecular complexity index is 3110. The lowest BCUT2D eigenvalue weighted by molar-refractivity contribution is -0.148. The molecule has 1 unspecified atom stereocenters. The Morgan fingerprint density at radius 2 is 1.43 bits per heavy atom. The van der Waals surface area contributed by atoms with E-state index in [1.165, 1.54) is 0 Å². The second-order valence-corrected chi connectivity index (χ2v) is 22.2. The molecule has 1 atom stereocenters. The maximum absolute atomic E-state index is 14.8. The van der Waals surface area contributed by atoms with Gasteiger partial charge in [0.15, 0.2) is 5.78 Å². The van der Waals surface area contributed by atoms with E-state index in [4.69, 9.17) is 10.5 Å². The van der Waals surface area contributed by atoms with E-state index in [0.29, 0.717) is 44.5 Å². The van der Waals surface area contributed by atoms with Crippen molar-refractivity contribution >= 4 is 76.2 Å². The summed E-state index contributed by atoms with van der Waals surface area (Å²) in [6.45, 7) is 11.1. The highest BCUT2D eigenvalue weighted by molar-refractivity contribution is 7.86. The average molecular weight is 974 g/mol. The van der Waals surface area contributed by atoms with Crippen molar-refractivity contribution in [3.05, 3.63) is 155 Å². The first kappa shape index (κ1) is 50.8. The van der Waals surface area contributed by atoms with Gasteiger partial charge in [-0.2, -0.15) is 16.8 Å². The number of benzene rings is 5. The molecule has 1 heterocycles. The number of carbonyl (C=O) groups is 2. The third-order valence-corrected chi connectivity index (χ3v) is 15.0. The molecule has 1 aliphatic heterocycles. The van der Waals surface area contributed by atoms with Crippen molar-refractivity contribution < 1.29 is 40.3 Å². The number of unbranched alkanes of at least 4 members (excludes halogenated alkanes) is 2. The summed E-state index contributed by atoms with van der Waals surface area (Å²) >= 11 is 0. The molecular weight excluding hydrogens is 911 g/mol. The molecule has 0 amide bonds. The predicted molar refractivity (Wildman–Crippen MR) is 279 cm³/mol. The summed E-state index contributed by atoms with van der Waals surface area (Å²) in [4.78, 5) is 30.9. The zero-order chi connectivity index (χ0) is 49.7. The van der Waals surface area contributed by atoms with Crippen LogP contribution in [0.1, 0.15) is 89.8 Å². The molecule has 12 nitrogen and oxygen atoms in total. The van der Waals surface area contributed by atoms with Gasteiger partial charge in [-0.3, -0.25) is 18.7 Å². The predicted octanol–water partition coefficient (Wildman–Crippen LogP) is 10.8. The molecule has 7 rings (SSSR count). The van der Waals surface area contributed by atoms with Gasteiger partial charge in [0.05, 0.1) is 29.4 Å². The smallest absolute Gasteiger partial charge is 0.309 e. The number of nitrogens with zero attached hydrogens (tertiary/aromatic N) is 1. The van der Waals surface area contributed by atoms with Crippen molar-refractivity contribution in [3.8, 4) is 0 Å². The molecule has 1 aliphatic carbocycles. The van der Waals surface area contributed by atoms with Gasteiger partial charge in [0.25, 0.3) is 20.2 Å². The Hall–Kier alpha value is -6.06. The Kier molecular flexibility index (Phi) is 15.4. The normalized spacial score (nSPS) is 17.6. The molecule has 0 saturated heterocycles. The topological polar surface area (TPSA) is 193 Å². The number of anilines is 3. The fourth-order valence-corrected chi connectivity index (χ4v) is 11.1. The van der Waals surface area contributed by atoms with Crippen molar-refractivity contribution in [2.24, 2.45) is 5.92 Å². The van der Waals surface area contributed by atoms with Gasteiger partial charge >= 0.3 is 5.97 Å². The van der Waals surface area contributed by atoms with Crippen molar-refractivity contribution in [1.29, 1.82) is 0 Å². The van der Waals surface area contributed by atoms with E-state index in [1.54, 1.807) is 13.0 Å². The molecule has 0 saturated carbocycles. The van der Waals surface area contributed by atoms with Gasteiger partial charge in [0, 0.05) is 41.3 Å². The standard InChI is InChI=1S/C55H63N3O9S2/c1-6-67-53(60)42-35-40(23-29-48-54(2,3)52-45-18-10-8-16-38(45)22-28-47(52)58(48)32-12-14-34-69(64,65)66)50(39-19-25-43(56)26-20-39)41(36-42)24-30-49(59)55(4,5)51-44-17-9-7-15-37(44)21-27-46(51)57-31-11-13-33-68(61,62)63/h7-10,15-30,42,57H,6,11-14,31-36,56H2,1-5H3,(H,61,62,63)(H,64,65,66). The van der Waals surface area contributed by atoms with E-state index in [9.17, 15) is 35.5 Å². The second kappa shape index (κ2) is 20.9. The second-order valence-electron chi connectivity index (χ2n) is 19.0. The lowest BCUT2D eigenvalue weighted by Gasteiger charge is -2.30. The Morgan fingerprint density at radius 3 is 2.10 bits per heavy atom. The summed E-state index contributed by atoms with van der Waals surface area (Å²) in [5.74, 6) is -1.74. The summed E-state index contributed by atoms with van der Waals surface area (Å²) in [5.41, 5.74) is 13.3. The largest absolute Gasteiger partial charge is 0.466 e. The molecule has 364 valence electrons. The van der Waals surface area contributed by atoms with Crippen molar-refractivity contribution in [2.75, 3.05) is 47.2 Å². The zero-order valence-corrected chi connectivity index (χ0v) is 41.6. The molecule has 5 aromatic rings. The summed E-state index contributed by atoms with van der Waals surface area (Å²) in [6.07, 6.45) is 9.80. The summed E-state index contributed by atoms with van der Waals surface area (Å²) < 4.78 is 70.5. The number of fused-ring (bicyclic) bond motifs is 4. The molecular formula is C55H63N3O9S2. The molecule has 14 heteroatoms. The number of hydrogen-bond donors (Lipinski definition) is 4. The van der Waals surface area contributed by atoms with E-state index in [1.807, 2.05) is 92.7 Å². The quantitative estimate of drug-likeness (QED) is 0.0201. The number of rotatable bonds is 19. The number of nitrogens with two attached hydrogens (primary N) is 1. The number of nitrogens with one attached hydrogen (secondary N) is 1. The van der Waals surface area contributed by atoms with Crippen molar-refractivity contribution in [3.63, 3.8) is 0 Å². The zero-order valence-electron chi connectivity index (χ0n) is 40.0. The van der Waals surface area contributed by atoms with Gasteiger partial charge in [-0.05, 0) is 151 Å². The fraction of sp³-hybridized carbons (Fsp3) is 0.345. The van der Waals surface area contributed by atoms with Crippen LogP contribution in [0.4, 0.5) is 17.1 Å². The number of ketones is 1. The summed E-state index contributed by atoms with van der Waals surface area (Å²) in [5, 5.41) is 7.50. The van der Waals surface area contributed by atoms with Gasteiger partial charge in [-0.1, -0.05) is 98.8 Å². The van der Waals surface area contributed by atoms with Crippen LogP contribution in [0.15, 0.2) is 138 Å². The number of carbonyl (C=O) groups excluding carboxylic acids is 2. The van der Waals surface area contributed by atoms with Crippen molar-refractivity contribution in [1.82, 2.24) is 0 Å². The molecule has 0 fully saturated rings. The Balaban J connectivity index is 1.33. The van der Waals surface area contributed by atoms with Crippen LogP contribution in [0.3, 0.4) is 0 Å². The highest BCUT2D eigenvalue weighted by Crippen LogP contribution is 2.51. The Morgan fingerprint density at radius 1 is 0.812 bits per heavy atom. The van der Waals surface area contributed by atoms with Crippen LogP contribution in [-0.4, -0.2) is 68.9 Å². The molecule has 0 spiro atoms. The first-order valence-corrected chi connectivity index (χ1v) is 26.8. The first-order valence-electron chi connectivity index (χ1n) is 23.6. The number of esters is 1. The van der Waals surface area contributed by atoms with E-state index in [-0.39, 0.29) is 42.7 Å². The minimum atomic E-state index is -4.13. The van der Waals surface area contributed by atoms with Crippen LogP contribution >= 0.6 is 0 Å². The SMILES string of the molecule is CCOC(=O)C1CC(=CC=C2N(CCCCS(=O)(=O)O)c3ccc4ccccc4c3C2(C)C)C(c2ccc(N)cc2)=C(C=CC(=O)C(C)(C)c2c(NCCCCS(=O)(=O)O)ccc3ccccc23)C1. The van der Waals surface area contributed by atoms with Gasteiger partial charge in [0.1, 0.15) is 0 Å². The molecule has 5 aromatic carbocycles. The number of ether oxygens (including phenoxy) is 1. The monoisotopic (exact) mass is 973 g/mol.